The van der Waals surface area contributed by atoms with Crippen molar-refractivity contribution in [1.29, 1.82) is 0 Å². The highest BCUT2D eigenvalue weighted by Crippen LogP contribution is 2.40. The second kappa shape index (κ2) is 9.99. The topological polar surface area (TPSA) is 101 Å². The standard InChI is InChI=1S/C25H30FN5O3/c26-21-14-22(31-5-2-1-3-6-31)19(12-17(21)4-7-30-8-10-33-11-9-30)20-13-23(18-15-28-29-16-18)34-24(20)25(27)32/h12-16H,1-11H2,(H2,27,32)(H,28,29). The van der Waals surface area contributed by atoms with Crippen LogP contribution >= 0.6 is 0 Å². The van der Waals surface area contributed by atoms with E-state index in [1.165, 1.54) is 0 Å². The molecule has 1 aromatic carbocycles. The SMILES string of the molecule is NC(=O)c1oc(-c2cn[nH]c2)cc1-c1cc(CCN2CCOCC2)c(F)cc1N1CCCCC1. The summed E-state index contributed by atoms with van der Waals surface area (Å²) in [5.41, 5.74) is 9.16. The molecule has 9 heteroatoms. The fraction of sp³-hybridized carbons (Fsp3) is 0.440. The smallest absolute Gasteiger partial charge is 0.285 e. The summed E-state index contributed by atoms with van der Waals surface area (Å²) in [5.74, 6) is -0.327. The van der Waals surface area contributed by atoms with Crippen molar-refractivity contribution in [3.8, 4) is 22.5 Å². The Bertz CT molecular complexity index is 1130. The van der Waals surface area contributed by atoms with Gasteiger partial charge in [-0.2, -0.15) is 5.10 Å². The number of aromatic nitrogens is 2. The quantitative estimate of drug-likeness (QED) is 0.552. The summed E-state index contributed by atoms with van der Waals surface area (Å²) in [6, 6.07) is 5.29. The lowest BCUT2D eigenvalue weighted by molar-refractivity contribution is 0.0383. The van der Waals surface area contributed by atoms with Crippen LogP contribution in [0.15, 0.2) is 35.0 Å². The van der Waals surface area contributed by atoms with Crippen molar-refractivity contribution in [3.63, 3.8) is 0 Å². The van der Waals surface area contributed by atoms with E-state index in [4.69, 9.17) is 14.9 Å². The zero-order valence-electron chi connectivity index (χ0n) is 19.2. The molecule has 0 radical (unpaired) electrons. The van der Waals surface area contributed by atoms with Crippen molar-refractivity contribution in [2.24, 2.45) is 5.73 Å². The third-order valence-corrected chi connectivity index (χ3v) is 6.69. The van der Waals surface area contributed by atoms with Crippen LogP contribution in [0.4, 0.5) is 10.1 Å². The van der Waals surface area contributed by atoms with Gasteiger partial charge in [-0.1, -0.05) is 0 Å². The minimum absolute atomic E-state index is 0.0696. The Hall–Kier alpha value is -3.17. The maximum absolute atomic E-state index is 15.3. The first kappa shape index (κ1) is 22.6. The Balaban J connectivity index is 1.56. The number of rotatable bonds is 7. The number of H-pyrrole nitrogens is 1. The van der Waals surface area contributed by atoms with Gasteiger partial charge in [0.25, 0.3) is 5.91 Å². The molecule has 2 aliphatic rings. The number of carbonyl (C=O) groups is 1. The summed E-state index contributed by atoms with van der Waals surface area (Å²) in [6.07, 6.45) is 7.14. The highest BCUT2D eigenvalue weighted by atomic mass is 19.1. The molecule has 0 atom stereocenters. The number of hydrogen-bond acceptors (Lipinski definition) is 6. The van der Waals surface area contributed by atoms with Gasteiger partial charge in [0.15, 0.2) is 5.76 Å². The largest absolute Gasteiger partial charge is 0.450 e. The van der Waals surface area contributed by atoms with Gasteiger partial charge < -0.3 is 19.8 Å². The molecule has 2 fully saturated rings. The second-order valence-corrected chi connectivity index (χ2v) is 8.92. The van der Waals surface area contributed by atoms with E-state index in [0.717, 1.165) is 63.2 Å². The molecule has 2 aliphatic heterocycles. The van der Waals surface area contributed by atoms with Crippen LogP contribution < -0.4 is 10.6 Å². The van der Waals surface area contributed by atoms with E-state index in [0.29, 0.717) is 42.1 Å². The minimum atomic E-state index is -0.659. The molecule has 8 nitrogen and oxygen atoms in total. The highest BCUT2D eigenvalue weighted by Gasteiger charge is 2.25. The third-order valence-electron chi connectivity index (χ3n) is 6.69. The maximum Gasteiger partial charge on any atom is 0.285 e. The van der Waals surface area contributed by atoms with Gasteiger partial charge in [-0.25, -0.2) is 4.39 Å². The van der Waals surface area contributed by atoms with Crippen LogP contribution in [0.3, 0.4) is 0 Å². The van der Waals surface area contributed by atoms with E-state index in [1.807, 2.05) is 6.07 Å². The van der Waals surface area contributed by atoms with Crippen LogP contribution in [-0.4, -0.2) is 66.9 Å². The van der Waals surface area contributed by atoms with E-state index in [9.17, 15) is 4.79 Å². The van der Waals surface area contributed by atoms with Crippen LogP contribution in [0, 0.1) is 5.82 Å². The fourth-order valence-electron chi connectivity index (χ4n) is 4.82. The van der Waals surface area contributed by atoms with Crippen LogP contribution in [0.5, 0.6) is 0 Å². The summed E-state index contributed by atoms with van der Waals surface area (Å²) >= 11 is 0. The third kappa shape index (κ3) is 4.71. The number of ether oxygens (including phenoxy) is 1. The molecular weight excluding hydrogens is 437 g/mol. The lowest BCUT2D eigenvalue weighted by Gasteiger charge is -2.31. The molecule has 4 heterocycles. The van der Waals surface area contributed by atoms with Gasteiger partial charge in [0, 0.05) is 55.7 Å². The van der Waals surface area contributed by atoms with Crippen molar-refractivity contribution in [3.05, 3.63) is 47.7 Å². The second-order valence-electron chi connectivity index (χ2n) is 8.92. The number of aromatic amines is 1. The van der Waals surface area contributed by atoms with Crippen molar-refractivity contribution in [2.75, 3.05) is 50.8 Å². The van der Waals surface area contributed by atoms with Gasteiger partial charge in [0.05, 0.1) is 25.0 Å². The number of benzene rings is 1. The Morgan fingerprint density at radius 2 is 1.88 bits per heavy atom. The molecule has 2 saturated heterocycles. The molecule has 0 aliphatic carbocycles. The van der Waals surface area contributed by atoms with E-state index < -0.39 is 5.91 Å². The highest BCUT2D eigenvalue weighted by molar-refractivity contribution is 6.00. The predicted octanol–water partition coefficient (Wildman–Crippen LogP) is 3.44. The van der Waals surface area contributed by atoms with Crippen LogP contribution in [-0.2, 0) is 11.2 Å². The van der Waals surface area contributed by atoms with Crippen molar-refractivity contribution in [2.45, 2.75) is 25.7 Å². The van der Waals surface area contributed by atoms with Gasteiger partial charge in [-0.3, -0.25) is 14.8 Å². The molecule has 5 rings (SSSR count). The Labute approximate surface area is 197 Å². The molecule has 2 aromatic heterocycles. The number of nitrogens with one attached hydrogen (secondary N) is 1. The number of morpholine rings is 1. The molecular formula is C25H30FN5O3. The van der Waals surface area contributed by atoms with Gasteiger partial charge in [-0.05, 0) is 49.4 Å². The zero-order chi connectivity index (χ0) is 23.5. The first-order chi connectivity index (χ1) is 16.6. The first-order valence-corrected chi connectivity index (χ1v) is 11.9. The average molecular weight is 468 g/mol. The molecule has 0 bridgehead atoms. The van der Waals surface area contributed by atoms with E-state index in [1.54, 1.807) is 24.5 Å². The van der Waals surface area contributed by atoms with Crippen LogP contribution in [0.1, 0.15) is 35.4 Å². The summed E-state index contributed by atoms with van der Waals surface area (Å²) in [4.78, 5) is 16.8. The monoisotopic (exact) mass is 467 g/mol. The number of piperidine rings is 1. The van der Waals surface area contributed by atoms with Gasteiger partial charge in [0.1, 0.15) is 11.6 Å². The van der Waals surface area contributed by atoms with E-state index >= 15 is 4.39 Å². The summed E-state index contributed by atoms with van der Waals surface area (Å²) in [7, 11) is 0. The maximum atomic E-state index is 15.3. The number of furan rings is 1. The molecule has 0 spiro atoms. The summed E-state index contributed by atoms with van der Waals surface area (Å²) in [6.45, 7) is 5.54. The number of nitrogens with zero attached hydrogens (tertiary/aromatic N) is 3. The van der Waals surface area contributed by atoms with Crippen LogP contribution in [0.25, 0.3) is 22.5 Å². The number of amides is 1. The summed E-state index contributed by atoms with van der Waals surface area (Å²) in [5, 5.41) is 6.72. The number of halogens is 1. The van der Waals surface area contributed by atoms with Gasteiger partial charge >= 0.3 is 0 Å². The normalized spacial score (nSPS) is 17.3. The molecule has 180 valence electrons. The minimum Gasteiger partial charge on any atom is -0.450 e. The lowest BCUT2D eigenvalue weighted by Crippen LogP contribution is -2.37. The molecule has 3 N–H and O–H groups in total. The predicted molar refractivity (Wildman–Crippen MR) is 127 cm³/mol. The number of nitrogens with two attached hydrogens (primary N) is 1. The lowest BCUT2D eigenvalue weighted by atomic mass is 9.96. The van der Waals surface area contributed by atoms with Crippen molar-refractivity contribution in [1.82, 2.24) is 15.1 Å². The number of anilines is 1. The number of primary amides is 1. The van der Waals surface area contributed by atoms with Gasteiger partial charge in [0.2, 0.25) is 0 Å². The first-order valence-electron chi connectivity index (χ1n) is 11.9. The summed E-state index contributed by atoms with van der Waals surface area (Å²) < 4.78 is 26.6. The Morgan fingerprint density at radius 1 is 1.09 bits per heavy atom. The molecule has 1 amide bonds. The Kier molecular flexibility index (Phi) is 6.64. The van der Waals surface area contributed by atoms with Gasteiger partial charge in [-0.15, -0.1) is 0 Å². The fourth-order valence-corrected chi connectivity index (χ4v) is 4.82. The van der Waals surface area contributed by atoms with Crippen LogP contribution in [0.2, 0.25) is 0 Å². The van der Waals surface area contributed by atoms with E-state index in [2.05, 4.69) is 20.0 Å². The van der Waals surface area contributed by atoms with E-state index in [-0.39, 0.29) is 11.6 Å². The number of hydrogen-bond donors (Lipinski definition) is 2. The molecule has 0 saturated carbocycles. The Morgan fingerprint density at radius 3 is 2.59 bits per heavy atom. The zero-order valence-corrected chi connectivity index (χ0v) is 19.2. The van der Waals surface area contributed by atoms with Crippen molar-refractivity contribution < 1.29 is 18.3 Å². The van der Waals surface area contributed by atoms with Crippen molar-refractivity contribution >= 4 is 11.6 Å². The number of carbonyl (C=O) groups excluding carboxylic acids is 1. The molecule has 0 unspecified atom stereocenters. The molecule has 34 heavy (non-hydrogen) atoms. The molecule has 3 aromatic rings. The average Bonchev–Trinajstić information content (AvgIpc) is 3.55.